The van der Waals surface area contributed by atoms with Crippen LogP contribution >= 0.6 is 0 Å². The molecule has 0 saturated carbocycles. The third kappa shape index (κ3) is 2.32. The molecule has 1 aliphatic heterocycles. The van der Waals surface area contributed by atoms with Crippen LogP contribution in [0, 0.1) is 0 Å². The van der Waals surface area contributed by atoms with Gasteiger partial charge >= 0.3 is 0 Å². The Labute approximate surface area is 112 Å². The highest BCUT2D eigenvalue weighted by Gasteiger charge is 2.26. The van der Waals surface area contributed by atoms with Gasteiger partial charge < -0.3 is 10.0 Å². The van der Waals surface area contributed by atoms with Gasteiger partial charge in [-0.2, -0.15) is 0 Å². The van der Waals surface area contributed by atoms with E-state index in [2.05, 4.69) is 12.1 Å². The van der Waals surface area contributed by atoms with Crippen LogP contribution in [0.1, 0.15) is 21.5 Å². The Bertz CT molecular complexity index is 607. The molecule has 0 aromatic heterocycles. The monoisotopic (exact) mass is 253 g/mol. The lowest BCUT2D eigenvalue weighted by Gasteiger charge is -2.15. The predicted octanol–water partition coefficient (Wildman–Crippen LogP) is 2.59. The van der Waals surface area contributed by atoms with Crippen molar-refractivity contribution in [3.63, 3.8) is 0 Å². The summed E-state index contributed by atoms with van der Waals surface area (Å²) >= 11 is 0. The van der Waals surface area contributed by atoms with E-state index in [-0.39, 0.29) is 11.7 Å². The molecule has 0 unspecified atom stereocenters. The van der Waals surface area contributed by atoms with Crippen LogP contribution in [-0.4, -0.2) is 22.5 Å². The number of hydrogen-bond acceptors (Lipinski definition) is 2. The molecule has 1 N–H and O–H groups in total. The van der Waals surface area contributed by atoms with Crippen LogP contribution in [0.25, 0.3) is 0 Å². The van der Waals surface area contributed by atoms with Crippen LogP contribution in [-0.2, 0) is 13.0 Å². The maximum absolute atomic E-state index is 12.2. The fourth-order valence-electron chi connectivity index (χ4n) is 2.46. The number of amides is 1. The summed E-state index contributed by atoms with van der Waals surface area (Å²) in [5.41, 5.74) is 2.86. The lowest BCUT2D eigenvalue weighted by molar-refractivity contribution is 0.0780. The highest BCUT2D eigenvalue weighted by molar-refractivity contribution is 5.98. The topological polar surface area (TPSA) is 40.5 Å². The Balaban J connectivity index is 1.70. The first-order valence-corrected chi connectivity index (χ1v) is 6.39. The highest BCUT2D eigenvalue weighted by atomic mass is 16.3. The molecule has 3 rings (SSSR count). The molecule has 0 bridgehead atoms. The second-order valence-corrected chi connectivity index (χ2v) is 4.80. The summed E-state index contributed by atoms with van der Waals surface area (Å²) in [5.74, 6) is 0.280. The lowest BCUT2D eigenvalue weighted by Crippen LogP contribution is -2.26. The maximum atomic E-state index is 12.2. The van der Waals surface area contributed by atoms with Gasteiger partial charge in [0.15, 0.2) is 0 Å². The molecule has 0 radical (unpaired) electrons. The Morgan fingerprint density at radius 2 is 1.89 bits per heavy atom. The van der Waals surface area contributed by atoms with Crippen LogP contribution < -0.4 is 0 Å². The Hall–Kier alpha value is -2.29. The average Bonchev–Trinajstić information content (AvgIpc) is 2.74. The third-order valence-corrected chi connectivity index (χ3v) is 3.48. The van der Waals surface area contributed by atoms with Gasteiger partial charge in [0.1, 0.15) is 5.75 Å². The summed E-state index contributed by atoms with van der Waals surface area (Å²) < 4.78 is 0. The summed E-state index contributed by atoms with van der Waals surface area (Å²) in [6, 6.07) is 15.1. The van der Waals surface area contributed by atoms with Crippen molar-refractivity contribution in [1.29, 1.82) is 0 Å². The number of phenols is 1. The van der Waals surface area contributed by atoms with E-state index in [1.54, 1.807) is 18.2 Å². The first-order valence-electron chi connectivity index (χ1n) is 6.39. The molecule has 3 heteroatoms. The second kappa shape index (κ2) is 4.76. The van der Waals surface area contributed by atoms with Gasteiger partial charge in [-0.3, -0.25) is 4.79 Å². The lowest BCUT2D eigenvalue weighted by atomic mass is 10.1. The van der Waals surface area contributed by atoms with Crippen molar-refractivity contribution in [1.82, 2.24) is 4.90 Å². The minimum Gasteiger partial charge on any atom is -0.508 e. The average molecular weight is 253 g/mol. The van der Waals surface area contributed by atoms with Crippen molar-refractivity contribution in [3.8, 4) is 5.75 Å². The Morgan fingerprint density at radius 3 is 2.68 bits per heavy atom. The van der Waals surface area contributed by atoms with Crippen molar-refractivity contribution in [2.45, 2.75) is 13.0 Å². The highest BCUT2D eigenvalue weighted by Crippen LogP contribution is 2.26. The third-order valence-electron chi connectivity index (χ3n) is 3.48. The van der Waals surface area contributed by atoms with Crippen molar-refractivity contribution < 1.29 is 9.90 Å². The largest absolute Gasteiger partial charge is 0.508 e. The van der Waals surface area contributed by atoms with Crippen LogP contribution in [0.5, 0.6) is 5.75 Å². The standard InChI is InChI=1S/C16H15NO2/c18-14-6-7-15-13(10-14)11-17(16(15)19)9-8-12-4-2-1-3-5-12/h1-7,10,18H,8-9,11H2. The van der Waals surface area contributed by atoms with E-state index in [0.717, 1.165) is 12.0 Å². The summed E-state index contributed by atoms with van der Waals surface area (Å²) in [5, 5.41) is 9.45. The van der Waals surface area contributed by atoms with E-state index in [1.807, 2.05) is 23.1 Å². The molecule has 0 saturated heterocycles. The second-order valence-electron chi connectivity index (χ2n) is 4.80. The van der Waals surface area contributed by atoms with E-state index >= 15 is 0 Å². The number of hydrogen-bond donors (Lipinski definition) is 1. The number of carbonyl (C=O) groups is 1. The molecule has 2 aromatic rings. The number of nitrogens with zero attached hydrogens (tertiary/aromatic N) is 1. The van der Waals surface area contributed by atoms with Crippen LogP contribution in [0.4, 0.5) is 0 Å². The van der Waals surface area contributed by atoms with E-state index in [1.165, 1.54) is 5.56 Å². The van der Waals surface area contributed by atoms with Crippen molar-refractivity contribution in [2.24, 2.45) is 0 Å². The fraction of sp³-hybridized carbons (Fsp3) is 0.188. The molecule has 0 atom stereocenters. The van der Waals surface area contributed by atoms with E-state index in [4.69, 9.17) is 0 Å². The van der Waals surface area contributed by atoms with Gasteiger partial charge in [0.25, 0.3) is 5.91 Å². The van der Waals surface area contributed by atoms with Gasteiger partial charge in [-0.15, -0.1) is 0 Å². The van der Waals surface area contributed by atoms with Crippen LogP contribution in [0.2, 0.25) is 0 Å². The van der Waals surface area contributed by atoms with Crippen LogP contribution in [0.3, 0.4) is 0 Å². The Morgan fingerprint density at radius 1 is 1.11 bits per heavy atom. The Kier molecular flexibility index (Phi) is 2.95. The van der Waals surface area contributed by atoms with Gasteiger partial charge in [-0.05, 0) is 35.7 Å². The summed E-state index contributed by atoms with van der Waals surface area (Å²) in [4.78, 5) is 14.0. The van der Waals surface area contributed by atoms with E-state index < -0.39 is 0 Å². The molecular weight excluding hydrogens is 238 g/mol. The minimum atomic E-state index is 0.0610. The van der Waals surface area contributed by atoms with E-state index in [0.29, 0.717) is 18.7 Å². The van der Waals surface area contributed by atoms with Crippen molar-refractivity contribution in [3.05, 3.63) is 65.2 Å². The molecule has 3 nitrogen and oxygen atoms in total. The molecule has 0 fully saturated rings. The fourth-order valence-corrected chi connectivity index (χ4v) is 2.46. The molecule has 1 amide bonds. The smallest absolute Gasteiger partial charge is 0.254 e. The molecule has 1 heterocycles. The number of fused-ring (bicyclic) bond motifs is 1. The SMILES string of the molecule is O=C1c2ccc(O)cc2CN1CCc1ccccc1. The zero-order chi connectivity index (χ0) is 13.2. The van der Waals surface area contributed by atoms with Gasteiger partial charge in [-0.25, -0.2) is 0 Å². The van der Waals surface area contributed by atoms with Crippen molar-refractivity contribution >= 4 is 5.91 Å². The van der Waals surface area contributed by atoms with Gasteiger partial charge in [0.2, 0.25) is 0 Å². The first-order chi connectivity index (χ1) is 9.24. The van der Waals surface area contributed by atoms with E-state index in [9.17, 15) is 9.90 Å². The molecule has 19 heavy (non-hydrogen) atoms. The van der Waals surface area contributed by atoms with Gasteiger partial charge in [-0.1, -0.05) is 30.3 Å². The van der Waals surface area contributed by atoms with Crippen LogP contribution in [0.15, 0.2) is 48.5 Å². The maximum Gasteiger partial charge on any atom is 0.254 e. The summed E-state index contributed by atoms with van der Waals surface area (Å²) in [7, 11) is 0. The zero-order valence-corrected chi connectivity index (χ0v) is 10.5. The number of phenolic OH excluding ortho intramolecular Hbond substituents is 1. The van der Waals surface area contributed by atoms with Crippen molar-refractivity contribution in [2.75, 3.05) is 6.54 Å². The molecule has 2 aromatic carbocycles. The molecule has 96 valence electrons. The molecule has 1 aliphatic rings. The first kappa shape index (κ1) is 11.8. The minimum absolute atomic E-state index is 0.0610. The zero-order valence-electron chi connectivity index (χ0n) is 10.5. The van der Waals surface area contributed by atoms with Gasteiger partial charge in [0.05, 0.1) is 0 Å². The van der Waals surface area contributed by atoms with Gasteiger partial charge in [0, 0.05) is 18.7 Å². The molecular formula is C16H15NO2. The number of aromatic hydroxyl groups is 1. The molecule has 0 aliphatic carbocycles. The summed E-state index contributed by atoms with van der Waals surface area (Å²) in [6.07, 6.45) is 0.854. The summed E-state index contributed by atoms with van der Waals surface area (Å²) in [6.45, 7) is 1.30. The molecule has 0 spiro atoms. The predicted molar refractivity (Wildman–Crippen MR) is 73.0 cm³/mol. The number of benzene rings is 2. The quantitative estimate of drug-likeness (QED) is 0.913. The number of rotatable bonds is 3. The number of carbonyl (C=O) groups excluding carboxylic acids is 1. The normalized spacial score (nSPS) is 13.7.